The molecule has 2 aliphatic rings. The van der Waals surface area contributed by atoms with Gasteiger partial charge in [-0.05, 0) is 28.8 Å². The van der Waals surface area contributed by atoms with Crippen molar-refractivity contribution in [3.8, 4) is 0 Å². The number of rotatable bonds is 3. The molecule has 0 atom stereocenters. The van der Waals surface area contributed by atoms with E-state index in [4.69, 9.17) is 4.74 Å². The lowest BCUT2D eigenvalue weighted by atomic mass is 10.0. The van der Waals surface area contributed by atoms with Gasteiger partial charge in [-0.2, -0.15) is 0 Å². The van der Waals surface area contributed by atoms with Gasteiger partial charge in [0.15, 0.2) is 0 Å². The van der Waals surface area contributed by atoms with Crippen LogP contribution >= 0.6 is 0 Å². The van der Waals surface area contributed by atoms with Crippen molar-refractivity contribution in [2.45, 2.75) is 6.61 Å². The number of aromatic nitrogens is 1. The van der Waals surface area contributed by atoms with E-state index in [9.17, 15) is 9.59 Å². The first kappa shape index (κ1) is 17.2. The van der Waals surface area contributed by atoms with Gasteiger partial charge in [-0.15, -0.1) is 0 Å². The second-order valence-corrected chi connectivity index (χ2v) is 6.56. The first-order chi connectivity index (χ1) is 13.2. The van der Waals surface area contributed by atoms with E-state index in [1.165, 1.54) is 5.57 Å². The average molecular weight is 361 g/mol. The minimum atomic E-state index is -0.211. The maximum absolute atomic E-state index is 12.3. The number of amides is 2. The first-order valence-corrected chi connectivity index (χ1v) is 8.75. The minimum Gasteiger partial charge on any atom is -0.367 e. The van der Waals surface area contributed by atoms with Crippen LogP contribution in [-0.4, -0.2) is 41.4 Å². The molecule has 0 aliphatic carbocycles. The lowest BCUT2D eigenvalue weighted by molar-refractivity contribution is -0.127. The lowest BCUT2D eigenvalue weighted by Gasteiger charge is -2.33. The van der Waals surface area contributed by atoms with Crippen molar-refractivity contribution in [1.29, 1.82) is 0 Å². The molecule has 2 aliphatic heterocycles. The molecule has 0 unspecified atom stereocenters. The van der Waals surface area contributed by atoms with E-state index in [1.807, 2.05) is 24.3 Å². The number of hydrogen-bond acceptors (Lipinski definition) is 4. The summed E-state index contributed by atoms with van der Waals surface area (Å²) in [5, 5.41) is 2.70. The Labute approximate surface area is 157 Å². The van der Waals surface area contributed by atoms with E-state index >= 15 is 0 Å². The van der Waals surface area contributed by atoms with E-state index in [0.717, 1.165) is 16.7 Å². The summed E-state index contributed by atoms with van der Waals surface area (Å²) in [6.07, 6.45) is 7.04. The number of hydrogen-bond donors (Lipinski definition) is 1. The summed E-state index contributed by atoms with van der Waals surface area (Å²) in [7, 11) is 0. The summed E-state index contributed by atoms with van der Waals surface area (Å²) in [6.45, 7) is 1.64. The number of ether oxygens (including phenoxy) is 1. The molecule has 4 rings (SSSR count). The van der Waals surface area contributed by atoms with Gasteiger partial charge in [0.05, 0.1) is 6.61 Å². The molecular weight excluding hydrogens is 342 g/mol. The summed E-state index contributed by atoms with van der Waals surface area (Å²) in [5.41, 5.74) is 3.98. The maximum atomic E-state index is 12.3. The number of anilines is 1. The zero-order valence-corrected chi connectivity index (χ0v) is 14.7. The highest BCUT2D eigenvalue weighted by atomic mass is 16.5. The Balaban J connectivity index is 1.36. The zero-order valence-electron chi connectivity index (χ0n) is 14.7. The normalized spacial score (nSPS) is 16.4. The molecule has 6 nitrogen and oxygen atoms in total. The van der Waals surface area contributed by atoms with E-state index in [-0.39, 0.29) is 18.4 Å². The van der Waals surface area contributed by atoms with Crippen molar-refractivity contribution in [1.82, 2.24) is 9.88 Å². The maximum Gasteiger partial charge on any atom is 0.251 e. The highest BCUT2D eigenvalue weighted by Gasteiger charge is 2.23. The summed E-state index contributed by atoms with van der Waals surface area (Å²) in [5.74, 6) is 0.274. The van der Waals surface area contributed by atoms with Crippen molar-refractivity contribution in [2.24, 2.45) is 0 Å². The predicted octanol–water partition coefficient (Wildman–Crippen LogP) is 2.49. The van der Waals surface area contributed by atoms with E-state index < -0.39 is 0 Å². The highest BCUT2D eigenvalue weighted by Crippen LogP contribution is 2.20. The number of carbonyl (C=O) groups is 2. The molecule has 1 fully saturated rings. The molecule has 2 amide bonds. The van der Waals surface area contributed by atoms with Crippen LogP contribution in [0.2, 0.25) is 0 Å². The first-order valence-electron chi connectivity index (χ1n) is 8.75. The third-order valence-corrected chi connectivity index (χ3v) is 4.42. The van der Waals surface area contributed by atoms with Crippen molar-refractivity contribution in [3.63, 3.8) is 0 Å². The molecule has 2 aromatic rings. The topological polar surface area (TPSA) is 71.5 Å². The van der Waals surface area contributed by atoms with Gasteiger partial charge in [0.25, 0.3) is 5.91 Å². The van der Waals surface area contributed by atoms with E-state index in [2.05, 4.69) is 28.5 Å². The van der Waals surface area contributed by atoms with Crippen LogP contribution in [0, 0.1) is 0 Å². The Morgan fingerprint density at radius 3 is 2.78 bits per heavy atom. The van der Waals surface area contributed by atoms with Crippen LogP contribution in [-0.2, 0) is 20.9 Å². The number of pyridine rings is 1. The zero-order chi connectivity index (χ0) is 18.6. The molecule has 1 N–H and O–H groups in total. The van der Waals surface area contributed by atoms with Crippen LogP contribution in [0.15, 0.2) is 54.2 Å². The molecule has 1 aromatic heterocycles. The summed E-state index contributed by atoms with van der Waals surface area (Å²) < 4.78 is 5.28. The molecule has 136 valence electrons. The molecule has 0 bridgehead atoms. The molecule has 27 heavy (non-hydrogen) atoms. The van der Waals surface area contributed by atoms with Crippen molar-refractivity contribution in [3.05, 3.63) is 70.9 Å². The van der Waals surface area contributed by atoms with Crippen LogP contribution in [0.25, 0.3) is 12.2 Å². The van der Waals surface area contributed by atoms with Gasteiger partial charge in [0.2, 0.25) is 5.91 Å². The smallest absolute Gasteiger partial charge is 0.251 e. The standard InChI is InChI=1S/C21H19N3O3/c25-19-14-27-13-18-9-16(10-22-21(18)23-19)6-7-20(26)24-11-17(12-24)8-15-4-2-1-3-5-15/h1-10H,11-14H2,(H,22,23,25). The van der Waals surface area contributed by atoms with E-state index in [0.29, 0.717) is 25.5 Å². The second kappa shape index (κ2) is 7.55. The van der Waals surface area contributed by atoms with Gasteiger partial charge in [0.1, 0.15) is 12.4 Å². The summed E-state index contributed by atoms with van der Waals surface area (Å²) in [4.78, 5) is 29.8. The Morgan fingerprint density at radius 2 is 1.96 bits per heavy atom. The highest BCUT2D eigenvalue weighted by molar-refractivity contribution is 5.94. The number of nitrogens with one attached hydrogen (secondary N) is 1. The fourth-order valence-corrected chi connectivity index (χ4v) is 3.01. The Kier molecular flexibility index (Phi) is 4.80. The predicted molar refractivity (Wildman–Crippen MR) is 103 cm³/mol. The molecular formula is C21H19N3O3. The van der Waals surface area contributed by atoms with Gasteiger partial charge in [-0.3, -0.25) is 9.59 Å². The minimum absolute atomic E-state index is 0.0216. The van der Waals surface area contributed by atoms with Crippen LogP contribution in [0.3, 0.4) is 0 Å². The molecule has 1 saturated heterocycles. The third-order valence-electron chi connectivity index (χ3n) is 4.42. The Bertz CT molecular complexity index is 927. The monoisotopic (exact) mass is 361 g/mol. The average Bonchev–Trinajstić information content (AvgIpc) is 2.83. The Morgan fingerprint density at radius 1 is 1.15 bits per heavy atom. The molecule has 6 heteroatoms. The number of likely N-dealkylation sites (tertiary alicyclic amines) is 1. The van der Waals surface area contributed by atoms with Gasteiger partial charge >= 0.3 is 0 Å². The molecule has 1 aromatic carbocycles. The molecule has 0 saturated carbocycles. The van der Waals surface area contributed by atoms with Crippen molar-refractivity contribution < 1.29 is 14.3 Å². The largest absolute Gasteiger partial charge is 0.367 e. The fraction of sp³-hybridized carbons (Fsp3) is 0.190. The fourth-order valence-electron chi connectivity index (χ4n) is 3.01. The third kappa shape index (κ3) is 4.12. The van der Waals surface area contributed by atoms with Crippen LogP contribution in [0.5, 0.6) is 0 Å². The number of nitrogens with zero attached hydrogens (tertiary/aromatic N) is 2. The number of fused-ring (bicyclic) bond motifs is 1. The van der Waals surface area contributed by atoms with Crippen LogP contribution < -0.4 is 5.32 Å². The molecule has 0 radical (unpaired) electrons. The Hall–Kier alpha value is -3.25. The summed E-state index contributed by atoms with van der Waals surface area (Å²) in [6, 6.07) is 12.0. The molecule has 0 spiro atoms. The van der Waals surface area contributed by atoms with Gasteiger partial charge in [-0.25, -0.2) is 4.98 Å². The van der Waals surface area contributed by atoms with Gasteiger partial charge in [-0.1, -0.05) is 36.4 Å². The van der Waals surface area contributed by atoms with Gasteiger partial charge < -0.3 is 15.0 Å². The van der Waals surface area contributed by atoms with E-state index in [1.54, 1.807) is 23.2 Å². The number of carbonyl (C=O) groups excluding carboxylic acids is 2. The summed E-state index contributed by atoms with van der Waals surface area (Å²) >= 11 is 0. The second-order valence-electron chi connectivity index (χ2n) is 6.56. The molecule has 3 heterocycles. The lowest BCUT2D eigenvalue weighted by Crippen LogP contribution is -2.43. The van der Waals surface area contributed by atoms with Gasteiger partial charge in [0, 0.05) is 30.9 Å². The van der Waals surface area contributed by atoms with Crippen LogP contribution in [0.1, 0.15) is 16.7 Å². The van der Waals surface area contributed by atoms with Crippen molar-refractivity contribution >= 4 is 29.8 Å². The SMILES string of the molecule is O=C1COCc2cc(C=CC(=O)N3CC(=Cc4ccccc4)C3)cnc2N1. The van der Waals surface area contributed by atoms with Crippen LogP contribution in [0.4, 0.5) is 5.82 Å². The quantitative estimate of drug-likeness (QED) is 0.853. The number of benzene rings is 1. The van der Waals surface area contributed by atoms with Crippen molar-refractivity contribution in [2.75, 3.05) is 25.0 Å².